The largest absolute Gasteiger partial charge is 0.396 e. The number of nitrogens with one attached hydrogen (secondary N) is 1. The second kappa shape index (κ2) is 5.05. The summed E-state index contributed by atoms with van der Waals surface area (Å²) in [5.74, 6) is -0.209. The predicted octanol–water partition coefficient (Wildman–Crippen LogP) is -1.27. The number of aryl methyl sites for hydroxylation is 1. The highest BCUT2D eigenvalue weighted by Gasteiger charge is 2.35. The summed E-state index contributed by atoms with van der Waals surface area (Å²) in [6.07, 6.45) is 0.800. The molecule has 2 rings (SSSR count). The highest BCUT2D eigenvalue weighted by Crippen LogP contribution is 2.31. The lowest BCUT2D eigenvalue weighted by molar-refractivity contribution is -0.0367. The van der Waals surface area contributed by atoms with Gasteiger partial charge in [0.1, 0.15) is 6.23 Å². The van der Waals surface area contributed by atoms with Crippen molar-refractivity contribution in [2.75, 3.05) is 13.2 Å². The molecule has 3 N–H and O–H groups in total. The molecule has 1 aliphatic rings. The maximum atomic E-state index is 11.7. The van der Waals surface area contributed by atoms with Gasteiger partial charge in [0.25, 0.3) is 5.56 Å². The number of hydrogen-bond donors (Lipinski definition) is 3. The average Bonchev–Trinajstić information content (AvgIpc) is 2.76. The van der Waals surface area contributed by atoms with Crippen molar-refractivity contribution in [3.63, 3.8) is 0 Å². The van der Waals surface area contributed by atoms with Crippen LogP contribution in [0.15, 0.2) is 15.8 Å². The SMILES string of the molecule is Cc1cn([C@H]2C[C@H](CO)[C@@H](CO)O2)c(=O)[nH]c1=O. The summed E-state index contributed by atoms with van der Waals surface area (Å²) in [5.41, 5.74) is -0.566. The number of aromatic amines is 1. The third-order valence-corrected chi connectivity index (χ3v) is 3.23. The zero-order chi connectivity index (χ0) is 13.3. The van der Waals surface area contributed by atoms with Crippen molar-refractivity contribution in [1.29, 1.82) is 0 Å². The molecule has 0 unspecified atom stereocenters. The van der Waals surface area contributed by atoms with E-state index >= 15 is 0 Å². The zero-order valence-electron chi connectivity index (χ0n) is 10.00. The lowest BCUT2D eigenvalue weighted by Gasteiger charge is -2.15. The molecule has 0 amide bonds. The number of aliphatic hydroxyl groups is 2. The smallest absolute Gasteiger partial charge is 0.330 e. The van der Waals surface area contributed by atoms with Gasteiger partial charge in [-0.1, -0.05) is 0 Å². The van der Waals surface area contributed by atoms with Gasteiger partial charge in [-0.3, -0.25) is 14.3 Å². The van der Waals surface area contributed by atoms with E-state index in [9.17, 15) is 9.59 Å². The molecule has 7 nitrogen and oxygen atoms in total. The van der Waals surface area contributed by atoms with Gasteiger partial charge in [-0.15, -0.1) is 0 Å². The van der Waals surface area contributed by atoms with Crippen LogP contribution >= 0.6 is 0 Å². The molecule has 1 aliphatic heterocycles. The van der Waals surface area contributed by atoms with Crippen molar-refractivity contribution in [3.8, 4) is 0 Å². The van der Waals surface area contributed by atoms with Gasteiger partial charge in [0, 0.05) is 30.7 Å². The summed E-state index contributed by atoms with van der Waals surface area (Å²) in [4.78, 5) is 25.1. The minimum Gasteiger partial charge on any atom is -0.396 e. The maximum Gasteiger partial charge on any atom is 0.330 e. The molecule has 1 fully saturated rings. The van der Waals surface area contributed by atoms with Crippen molar-refractivity contribution in [1.82, 2.24) is 9.55 Å². The van der Waals surface area contributed by atoms with Gasteiger partial charge in [-0.25, -0.2) is 4.79 Å². The topological polar surface area (TPSA) is 105 Å². The van der Waals surface area contributed by atoms with Gasteiger partial charge < -0.3 is 14.9 Å². The minimum absolute atomic E-state index is 0.112. The van der Waals surface area contributed by atoms with Crippen LogP contribution in [-0.2, 0) is 4.74 Å². The maximum absolute atomic E-state index is 11.7. The molecule has 100 valence electrons. The van der Waals surface area contributed by atoms with Gasteiger partial charge in [-0.2, -0.15) is 0 Å². The van der Waals surface area contributed by atoms with Crippen molar-refractivity contribution in [2.45, 2.75) is 25.7 Å². The highest BCUT2D eigenvalue weighted by atomic mass is 16.5. The first kappa shape index (κ1) is 13.0. The van der Waals surface area contributed by atoms with Crippen LogP contribution in [0.25, 0.3) is 0 Å². The first-order chi connectivity index (χ1) is 8.56. The number of nitrogens with zero attached hydrogens (tertiary/aromatic N) is 1. The van der Waals surface area contributed by atoms with Gasteiger partial charge in [0.15, 0.2) is 0 Å². The Kier molecular flexibility index (Phi) is 3.65. The number of aliphatic hydroxyl groups excluding tert-OH is 2. The third kappa shape index (κ3) is 2.24. The zero-order valence-corrected chi connectivity index (χ0v) is 10.00. The Balaban J connectivity index is 2.31. The van der Waals surface area contributed by atoms with E-state index in [1.807, 2.05) is 0 Å². The third-order valence-electron chi connectivity index (χ3n) is 3.23. The van der Waals surface area contributed by atoms with Gasteiger partial charge in [0.2, 0.25) is 0 Å². The number of aromatic nitrogens is 2. The van der Waals surface area contributed by atoms with Gasteiger partial charge in [0.05, 0.1) is 12.7 Å². The van der Waals surface area contributed by atoms with Gasteiger partial charge >= 0.3 is 5.69 Å². The van der Waals surface area contributed by atoms with Crippen LogP contribution in [0.5, 0.6) is 0 Å². The first-order valence-electron chi connectivity index (χ1n) is 5.76. The molecule has 0 bridgehead atoms. The van der Waals surface area contributed by atoms with E-state index in [-0.39, 0.29) is 19.1 Å². The summed E-state index contributed by atoms with van der Waals surface area (Å²) in [7, 11) is 0. The second-order valence-corrected chi connectivity index (χ2v) is 4.47. The number of ether oxygens (including phenoxy) is 1. The molecule has 3 atom stereocenters. The minimum atomic E-state index is -0.567. The summed E-state index contributed by atoms with van der Waals surface area (Å²) in [6, 6.07) is 0. The van der Waals surface area contributed by atoms with E-state index in [1.165, 1.54) is 10.8 Å². The molecular weight excluding hydrogens is 240 g/mol. The Hall–Kier alpha value is -1.44. The average molecular weight is 256 g/mol. The lowest BCUT2D eigenvalue weighted by atomic mass is 10.0. The van der Waals surface area contributed by atoms with Crippen molar-refractivity contribution >= 4 is 0 Å². The van der Waals surface area contributed by atoms with Crippen LogP contribution in [0.1, 0.15) is 18.2 Å². The Morgan fingerprint density at radius 3 is 2.72 bits per heavy atom. The van der Waals surface area contributed by atoms with Crippen molar-refractivity contribution < 1.29 is 14.9 Å². The van der Waals surface area contributed by atoms with E-state index in [1.54, 1.807) is 6.92 Å². The van der Waals surface area contributed by atoms with E-state index in [0.29, 0.717) is 12.0 Å². The van der Waals surface area contributed by atoms with Crippen molar-refractivity contribution in [2.24, 2.45) is 5.92 Å². The predicted molar refractivity (Wildman–Crippen MR) is 62.2 cm³/mol. The molecule has 0 radical (unpaired) electrons. The summed E-state index contributed by atoms with van der Waals surface area (Å²) in [6.45, 7) is 1.27. The molecule has 1 saturated heterocycles. The molecule has 18 heavy (non-hydrogen) atoms. The number of H-pyrrole nitrogens is 1. The highest BCUT2D eigenvalue weighted by molar-refractivity contribution is 5.01. The fraction of sp³-hybridized carbons (Fsp3) is 0.636. The molecule has 2 heterocycles. The number of hydrogen-bond acceptors (Lipinski definition) is 5. The van der Waals surface area contributed by atoms with Crippen LogP contribution in [0, 0.1) is 12.8 Å². The van der Waals surface area contributed by atoms with Gasteiger partial charge in [-0.05, 0) is 6.92 Å². The fourth-order valence-electron chi connectivity index (χ4n) is 2.14. The quantitative estimate of drug-likeness (QED) is 0.625. The lowest BCUT2D eigenvalue weighted by Crippen LogP contribution is -2.33. The summed E-state index contributed by atoms with van der Waals surface area (Å²) >= 11 is 0. The molecular formula is C11H16N2O5. The molecule has 7 heteroatoms. The van der Waals surface area contributed by atoms with E-state index in [4.69, 9.17) is 14.9 Å². The summed E-state index contributed by atoms with van der Waals surface area (Å²) < 4.78 is 6.79. The van der Waals surface area contributed by atoms with Crippen LogP contribution < -0.4 is 11.2 Å². The van der Waals surface area contributed by atoms with E-state index in [0.717, 1.165) is 0 Å². The Morgan fingerprint density at radius 2 is 2.17 bits per heavy atom. The molecule has 1 aromatic rings. The van der Waals surface area contributed by atoms with E-state index < -0.39 is 23.6 Å². The van der Waals surface area contributed by atoms with Crippen LogP contribution in [0.4, 0.5) is 0 Å². The van der Waals surface area contributed by atoms with Crippen molar-refractivity contribution in [3.05, 3.63) is 32.6 Å². The molecule has 1 aromatic heterocycles. The Bertz CT molecular complexity index is 523. The van der Waals surface area contributed by atoms with Crippen LogP contribution in [0.2, 0.25) is 0 Å². The Morgan fingerprint density at radius 1 is 1.44 bits per heavy atom. The molecule has 0 aromatic carbocycles. The summed E-state index contributed by atoms with van der Waals surface area (Å²) in [5, 5.41) is 18.3. The Labute approximate surface area is 103 Å². The van der Waals surface area contributed by atoms with E-state index in [2.05, 4.69) is 4.98 Å². The normalized spacial score (nSPS) is 27.6. The fourth-order valence-corrected chi connectivity index (χ4v) is 2.14. The molecule has 0 aliphatic carbocycles. The van der Waals surface area contributed by atoms with Crippen LogP contribution in [-0.4, -0.2) is 39.1 Å². The monoisotopic (exact) mass is 256 g/mol. The molecule has 0 saturated carbocycles. The van der Waals surface area contributed by atoms with Crippen LogP contribution in [0.3, 0.4) is 0 Å². The second-order valence-electron chi connectivity index (χ2n) is 4.47. The first-order valence-corrected chi connectivity index (χ1v) is 5.76. The number of rotatable bonds is 3. The molecule has 0 spiro atoms. The standard InChI is InChI=1S/C11H16N2O5/c1-6-3-13(11(17)12-10(6)16)9-2-7(4-14)8(5-15)18-9/h3,7-9,14-15H,2,4-5H2,1H3,(H,12,16,17)/t7-,8-,9-/m1/s1.